The molecule has 1 fully saturated rings. The van der Waals surface area contributed by atoms with Gasteiger partial charge in [0.25, 0.3) is 5.56 Å². The molecule has 0 atom stereocenters. The number of rotatable bonds is 6. The molecule has 2 heterocycles. The van der Waals surface area contributed by atoms with Crippen LogP contribution in [0.1, 0.15) is 32.6 Å². The molecule has 33 heavy (non-hydrogen) atoms. The van der Waals surface area contributed by atoms with Crippen LogP contribution < -0.4 is 16.6 Å². The molecule has 2 aromatic heterocycles. The SMILES string of the molecule is CCNc1ncc2cc(-c3ccc(S(C)(=O)=O)cc3Cl)c(=O)n(CC3CCC(N)CC3)c2n1. The monoisotopic (exact) mass is 489 g/mol. The topological polar surface area (TPSA) is 120 Å². The number of sulfone groups is 1. The molecule has 1 saturated carbocycles. The molecule has 8 nitrogen and oxygen atoms in total. The number of fused-ring (bicyclic) bond motifs is 1. The number of nitrogens with two attached hydrogens (primary N) is 1. The van der Waals surface area contributed by atoms with Crippen molar-refractivity contribution < 1.29 is 8.42 Å². The summed E-state index contributed by atoms with van der Waals surface area (Å²) in [7, 11) is -3.42. The summed E-state index contributed by atoms with van der Waals surface area (Å²) in [5.41, 5.74) is 7.28. The van der Waals surface area contributed by atoms with Gasteiger partial charge in [-0.1, -0.05) is 17.7 Å². The lowest BCUT2D eigenvalue weighted by Crippen LogP contribution is -2.31. The molecule has 1 aromatic carbocycles. The minimum Gasteiger partial charge on any atom is -0.354 e. The molecule has 0 radical (unpaired) electrons. The van der Waals surface area contributed by atoms with E-state index in [0.29, 0.717) is 47.1 Å². The summed E-state index contributed by atoms with van der Waals surface area (Å²) >= 11 is 6.45. The first-order valence-corrected chi connectivity index (χ1v) is 13.3. The fraction of sp³-hybridized carbons (Fsp3) is 0.435. The van der Waals surface area contributed by atoms with Gasteiger partial charge in [0.05, 0.1) is 4.90 Å². The van der Waals surface area contributed by atoms with Gasteiger partial charge in [-0.05, 0) is 56.7 Å². The van der Waals surface area contributed by atoms with Crippen LogP contribution in [0.4, 0.5) is 5.95 Å². The Balaban J connectivity index is 1.87. The van der Waals surface area contributed by atoms with Crippen molar-refractivity contribution in [2.45, 2.75) is 50.1 Å². The van der Waals surface area contributed by atoms with Gasteiger partial charge in [0.15, 0.2) is 9.84 Å². The maximum absolute atomic E-state index is 13.7. The third kappa shape index (κ3) is 5.05. The molecule has 0 unspecified atom stereocenters. The smallest absolute Gasteiger partial charge is 0.260 e. The van der Waals surface area contributed by atoms with Crippen LogP contribution in [0.2, 0.25) is 5.02 Å². The van der Waals surface area contributed by atoms with E-state index in [1.807, 2.05) is 6.92 Å². The van der Waals surface area contributed by atoms with E-state index in [-0.39, 0.29) is 21.5 Å². The largest absolute Gasteiger partial charge is 0.354 e. The Morgan fingerprint density at radius 3 is 2.55 bits per heavy atom. The van der Waals surface area contributed by atoms with Gasteiger partial charge in [-0.2, -0.15) is 4.98 Å². The third-order valence-corrected chi connectivity index (χ3v) is 7.58. The third-order valence-electron chi connectivity index (χ3n) is 6.15. The van der Waals surface area contributed by atoms with Crippen LogP contribution in [0.25, 0.3) is 22.2 Å². The van der Waals surface area contributed by atoms with Crippen LogP contribution >= 0.6 is 11.6 Å². The quantitative estimate of drug-likeness (QED) is 0.543. The zero-order chi connectivity index (χ0) is 23.8. The molecular formula is C23H28ClN5O3S. The van der Waals surface area contributed by atoms with Gasteiger partial charge < -0.3 is 11.1 Å². The first-order valence-electron chi connectivity index (χ1n) is 11.1. The van der Waals surface area contributed by atoms with Crippen molar-refractivity contribution in [1.29, 1.82) is 0 Å². The second-order valence-electron chi connectivity index (χ2n) is 8.67. The number of nitrogens with one attached hydrogen (secondary N) is 1. The Kier molecular flexibility index (Phi) is 6.74. The fourth-order valence-corrected chi connectivity index (χ4v) is 5.33. The van der Waals surface area contributed by atoms with Crippen LogP contribution in [0.15, 0.2) is 40.2 Å². The van der Waals surface area contributed by atoms with E-state index in [9.17, 15) is 13.2 Å². The summed E-state index contributed by atoms with van der Waals surface area (Å²) in [6.07, 6.45) is 6.59. The molecule has 0 saturated heterocycles. The molecule has 0 aliphatic heterocycles. The van der Waals surface area contributed by atoms with Crippen molar-refractivity contribution in [3.63, 3.8) is 0 Å². The maximum atomic E-state index is 13.7. The Morgan fingerprint density at radius 2 is 1.91 bits per heavy atom. The van der Waals surface area contributed by atoms with Gasteiger partial charge in [0.2, 0.25) is 5.95 Å². The summed E-state index contributed by atoms with van der Waals surface area (Å²) in [6, 6.07) is 6.38. The highest BCUT2D eigenvalue weighted by Crippen LogP contribution is 2.31. The Hall–Kier alpha value is -2.49. The van der Waals surface area contributed by atoms with E-state index in [2.05, 4.69) is 15.3 Å². The van der Waals surface area contributed by atoms with Crippen molar-refractivity contribution in [2.75, 3.05) is 18.1 Å². The number of hydrogen-bond acceptors (Lipinski definition) is 7. The number of anilines is 1. The zero-order valence-electron chi connectivity index (χ0n) is 18.7. The van der Waals surface area contributed by atoms with E-state index in [1.165, 1.54) is 12.1 Å². The Morgan fingerprint density at radius 1 is 1.18 bits per heavy atom. The van der Waals surface area contributed by atoms with Crippen LogP contribution in [0.5, 0.6) is 0 Å². The normalized spacial score (nSPS) is 19.0. The van der Waals surface area contributed by atoms with Crippen LogP contribution in [0.3, 0.4) is 0 Å². The van der Waals surface area contributed by atoms with E-state index in [0.717, 1.165) is 31.9 Å². The molecular weight excluding hydrogens is 462 g/mol. The molecule has 176 valence electrons. The Labute approximate surface area is 198 Å². The van der Waals surface area contributed by atoms with Gasteiger partial charge in [0.1, 0.15) is 5.65 Å². The molecule has 0 bridgehead atoms. The van der Waals surface area contributed by atoms with Crippen LogP contribution in [-0.2, 0) is 16.4 Å². The van der Waals surface area contributed by atoms with Gasteiger partial charge in [-0.25, -0.2) is 13.4 Å². The highest BCUT2D eigenvalue weighted by atomic mass is 35.5. The molecule has 3 aromatic rings. The van der Waals surface area contributed by atoms with Gasteiger partial charge in [0, 0.05) is 53.1 Å². The molecule has 1 aliphatic rings. The first-order chi connectivity index (χ1) is 15.7. The van der Waals surface area contributed by atoms with Gasteiger partial charge >= 0.3 is 0 Å². The standard InChI is InChI=1S/C23H28ClN5O3S/c1-3-26-23-27-12-15-10-19(18-9-8-17(11-20(18)24)33(2,31)32)22(30)29(21(15)28-23)13-14-4-6-16(25)7-5-14/h8-12,14,16H,3-7,13,25H2,1-2H3,(H,26,27,28). The number of pyridine rings is 1. The lowest BCUT2D eigenvalue weighted by molar-refractivity contribution is 0.295. The zero-order valence-corrected chi connectivity index (χ0v) is 20.3. The maximum Gasteiger partial charge on any atom is 0.260 e. The first kappa shape index (κ1) is 23.7. The summed E-state index contributed by atoms with van der Waals surface area (Å²) in [6.45, 7) is 3.14. The molecule has 4 rings (SSSR count). The Bertz CT molecular complexity index is 1350. The van der Waals surface area contributed by atoms with Crippen molar-refractivity contribution in [3.05, 3.63) is 45.8 Å². The summed E-state index contributed by atoms with van der Waals surface area (Å²) in [5.74, 6) is 0.786. The van der Waals surface area contributed by atoms with Crippen molar-refractivity contribution in [1.82, 2.24) is 14.5 Å². The van der Waals surface area contributed by atoms with E-state index in [1.54, 1.807) is 22.9 Å². The average molecular weight is 490 g/mol. The molecule has 10 heteroatoms. The van der Waals surface area contributed by atoms with Crippen molar-refractivity contribution in [3.8, 4) is 11.1 Å². The number of benzene rings is 1. The number of nitrogens with zero attached hydrogens (tertiary/aromatic N) is 3. The fourth-order valence-electron chi connectivity index (χ4n) is 4.34. The van der Waals surface area contributed by atoms with Crippen molar-refractivity contribution in [2.24, 2.45) is 11.7 Å². The minimum atomic E-state index is -3.42. The highest BCUT2D eigenvalue weighted by Gasteiger charge is 2.22. The highest BCUT2D eigenvalue weighted by molar-refractivity contribution is 7.90. The molecule has 1 aliphatic carbocycles. The summed E-state index contributed by atoms with van der Waals surface area (Å²) in [5, 5.41) is 4.01. The number of hydrogen-bond donors (Lipinski definition) is 2. The lowest BCUT2D eigenvalue weighted by Gasteiger charge is -2.27. The van der Waals surface area contributed by atoms with Gasteiger partial charge in [-0.15, -0.1) is 0 Å². The second kappa shape index (κ2) is 9.40. The number of halogens is 1. The second-order valence-corrected chi connectivity index (χ2v) is 11.1. The van der Waals surface area contributed by atoms with E-state index in [4.69, 9.17) is 17.3 Å². The van der Waals surface area contributed by atoms with Crippen LogP contribution in [0, 0.1) is 5.92 Å². The minimum absolute atomic E-state index is 0.106. The van der Waals surface area contributed by atoms with E-state index < -0.39 is 9.84 Å². The van der Waals surface area contributed by atoms with Crippen molar-refractivity contribution >= 4 is 38.4 Å². The predicted molar refractivity (Wildman–Crippen MR) is 131 cm³/mol. The lowest BCUT2D eigenvalue weighted by atomic mass is 9.86. The predicted octanol–water partition coefficient (Wildman–Crippen LogP) is 3.46. The van der Waals surface area contributed by atoms with Crippen LogP contribution in [-0.4, -0.2) is 41.8 Å². The molecule has 3 N–H and O–H groups in total. The summed E-state index contributed by atoms with van der Waals surface area (Å²) in [4.78, 5) is 22.8. The summed E-state index contributed by atoms with van der Waals surface area (Å²) < 4.78 is 25.5. The van der Waals surface area contributed by atoms with Gasteiger partial charge in [-0.3, -0.25) is 9.36 Å². The average Bonchev–Trinajstić information content (AvgIpc) is 2.77. The molecule has 0 spiro atoms. The molecule has 0 amide bonds. The van der Waals surface area contributed by atoms with E-state index >= 15 is 0 Å². The number of aromatic nitrogens is 3.